The van der Waals surface area contributed by atoms with Gasteiger partial charge in [-0.05, 0) is 36.4 Å². The molecule has 0 aliphatic carbocycles. The highest BCUT2D eigenvalue weighted by molar-refractivity contribution is 5.69. The van der Waals surface area contributed by atoms with Crippen LogP contribution < -0.4 is 14.2 Å². The molecule has 32 heavy (non-hydrogen) atoms. The lowest BCUT2D eigenvalue weighted by molar-refractivity contribution is -0.286. The SMILES string of the molecule is FC(F)(F)Oc1ccc(-n2cncn2)c(-c2nnc(-c3ccc4c(c3)OC(F)(F)O4)o2)c1. The molecule has 2 aromatic carbocycles. The summed E-state index contributed by atoms with van der Waals surface area (Å²) in [5, 5.41) is 11.6. The summed E-state index contributed by atoms with van der Waals surface area (Å²) in [5.74, 6) is -1.23. The topological polar surface area (TPSA) is 97.3 Å². The number of nitrogens with zero attached hydrogens (tertiary/aromatic N) is 5. The Morgan fingerprint density at radius 2 is 1.72 bits per heavy atom. The van der Waals surface area contributed by atoms with Crippen LogP contribution in [0.4, 0.5) is 22.0 Å². The van der Waals surface area contributed by atoms with Gasteiger partial charge in [-0.25, -0.2) is 9.67 Å². The maximum Gasteiger partial charge on any atom is 0.586 e. The zero-order valence-electron chi connectivity index (χ0n) is 15.4. The number of alkyl halides is 5. The predicted molar refractivity (Wildman–Crippen MR) is 93.0 cm³/mol. The van der Waals surface area contributed by atoms with Crippen LogP contribution in [0, 0.1) is 0 Å². The van der Waals surface area contributed by atoms with Gasteiger partial charge in [0.1, 0.15) is 18.4 Å². The van der Waals surface area contributed by atoms with E-state index < -0.39 is 18.4 Å². The minimum absolute atomic E-state index is 0.0586. The Hall–Kier alpha value is -4.23. The Bertz CT molecular complexity index is 1290. The van der Waals surface area contributed by atoms with E-state index in [1.165, 1.54) is 41.6 Å². The van der Waals surface area contributed by atoms with Crippen molar-refractivity contribution in [2.24, 2.45) is 0 Å². The molecule has 5 rings (SSSR count). The number of aromatic nitrogens is 5. The van der Waals surface area contributed by atoms with Gasteiger partial charge in [-0.3, -0.25) is 0 Å². The van der Waals surface area contributed by atoms with Crippen molar-refractivity contribution in [3.8, 4) is 45.8 Å². The molecule has 0 atom stereocenters. The number of hydrogen-bond acceptors (Lipinski definition) is 8. The van der Waals surface area contributed by atoms with Gasteiger partial charge in [0, 0.05) is 5.56 Å². The molecule has 9 nitrogen and oxygen atoms in total. The van der Waals surface area contributed by atoms with E-state index in [4.69, 9.17) is 4.42 Å². The predicted octanol–water partition coefficient (Wildman–Crippen LogP) is 4.20. The second kappa shape index (κ2) is 6.90. The van der Waals surface area contributed by atoms with E-state index in [0.717, 1.165) is 12.1 Å². The van der Waals surface area contributed by atoms with Crippen LogP contribution in [-0.2, 0) is 0 Å². The van der Waals surface area contributed by atoms with Crippen molar-refractivity contribution in [3.63, 3.8) is 0 Å². The fraction of sp³-hybridized carbons (Fsp3) is 0.111. The van der Waals surface area contributed by atoms with Gasteiger partial charge in [0.05, 0.1) is 11.3 Å². The number of ether oxygens (including phenoxy) is 3. The van der Waals surface area contributed by atoms with Crippen LogP contribution in [0.15, 0.2) is 53.5 Å². The average molecular weight is 453 g/mol. The molecule has 1 aliphatic rings. The molecule has 0 N–H and O–H groups in total. The van der Waals surface area contributed by atoms with Crippen molar-refractivity contribution in [3.05, 3.63) is 49.1 Å². The van der Waals surface area contributed by atoms with Gasteiger partial charge < -0.3 is 18.6 Å². The Morgan fingerprint density at radius 1 is 0.938 bits per heavy atom. The van der Waals surface area contributed by atoms with E-state index >= 15 is 0 Å². The van der Waals surface area contributed by atoms with Crippen molar-refractivity contribution >= 4 is 0 Å². The van der Waals surface area contributed by atoms with Crippen molar-refractivity contribution in [2.75, 3.05) is 0 Å². The molecule has 164 valence electrons. The first-order chi connectivity index (χ1) is 15.2. The molecule has 4 aromatic rings. The number of fused-ring (bicyclic) bond motifs is 1. The third kappa shape index (κ3) is 3.77. The molecular formula is C18H8F5N5O4. The van der Waals surface area contributed by atoms with E-state index in [2.05, 4.69) is 34.5 Å². The number of benzene rings is 2. The van der Waals surface area contributed by atoms with E-state index in [9.17, 15) is 22.0 Å². The standard InChI is InChI=1S/C18H8F5N5O4/c19-17(20,21)30-10-2-3-12(28-8-24-7-25-28)11(6-10)16-27-26-15(29-16)9-1-4-13-14(5-9)32-18(22,23)31-13/h1-8H. The van der Waals surface area contributed by atoms with Crippen LogP contribution in [0.5, 0.6) is 17.2 Å². The lowest BCUT2D eigenvalue weighted by atomic mass is 10.1. The summed E-state index contributed by atoms with van der Waals surface area (Å²) >= 11 is 0. The van der Waals surface area contributed by atoms with Crippen LogP contribution in [0.25, 0.3) is 28.6 Å². The van der Waals surface area contributed by atoms with E-state index in [1.54, 1.807) is 0 Å². The second-order valence-corrected chi connectivity index (χ2v) is 6.31. The summed E-state index contributed by atoms with van der Waals surface area (Å²) in [6.45, 7) is 0. The van der Waals surface area contributed by atoms with Crippen LogP contribution >= 0.6 is 0 Å². The molecule has 0 bridgehead atoms. The van der Waals surface area contributed by atoms with Crippen LogP contribution in [0.1, 0.15) is 0 Å². The highest BCUT2D eigenvalue weighted by atomic mass is 19.4. The Labute approximate surface area is 174 Å². The van der Waals surface area contributed by atoms with Crippen molar-refractivity contribution in [2.45, 2.75) is 12.7 Å². The van der Waals surface area contributed by atoms with Crippen molar-refractivity contribution in [1.82, 2.24) is 25.0 Å². The van der Waals surface area contributed by atoms with Gasteiger partial charge in [-0.1, -0.05) is 0 Å². The molecule has 14 heteroatoms. The summed E-state index contributed by atoms with van der Waals surface area (Å²) in [7, 11) is 0. The maximum atomic E-state index is 13.2. The largest absolute Gasteiger partial charge is 0.586 e. The first kappa shape index (κ1) is 19.7. The monoisotopic (exact) mass is 453 g/mol. The number of rotatable bonds is 4. The first-order valence-corrected chi connectivity index (χ1v) is 8.66. The fourth-order valence-corrected chi connectivity index (χ4v) is 2.95. The van der Waals surface area contributed by atoms with Crippen LogP contribution in [0.3, 0.4) is 0 Å². The molecule has 0 unspecified atom stereocenters. The molecule has 0 spiro atoms. The molecule has 0 amide bonds. The highest BCUT2D eigenvalue weighted by Crippen LogP contribution is 2.43. The molecule has 0 radical (unpaired) electrons. The van der Waals surface area contributed by atoms with Gasteiger partial charge in [0.15, 0.2) is 11.5 Å². The quantitative estimate of drug-likeness (QED) is 0.424. The summed E-state index contributed by atoms with van der Waals surface area (Å²) < 4.78 is 84.0. The van der Waals surface area contributed by atoms with E-state index in [0.29, 0.717) is 0 Å². The maximum absolute atomic E-state index is 13.2. The molecule has 0 saturated heterocycles. The minimum atomic E-state index is -4.92. The third-order valence-corrected chi connectivity index (χ3v) is 4.17. The summed E-state index contributed by atoms with van der Waals surface area (Å²) in [5.41, 5.74) is 0.551. The average Bonchev–Trinajstić information content (AvgIpc) is 3.44. The smallest absolute Gasteiger partial charge is 0.416 e. The van der Waals surface area contributed by atoms with E-state index in [-0.39, 0.29) is 40.1 Å². The Morgan fingerprint density at radius 3 is 2.47 bits per heavy atom. The number of hydrogen-bond donors (Lipinski definition) is 0. The third-order valence-electron chi connectivity index (χ3n) is 4.17. The van der Waals surface area contributed by atoms with Gasteiger partial charge in [0.25, 0.3) is 0 Å². The zero-order chi connectivity index (χ0) is 22.5. The minimum Gasteiger partial charge on any atom is -0.416 e. The molecule has 1 aliphatic heterocycles. The molecule has 3 heterocycles. The summed E-state index contributed by atoms with van der Waals surface area (Å²) in [6, 6.07) is 7.24. The van der Waals surface area contributed by atoms with Gasteiger partial charge in [-0.15, -0.1) is 32.1 Å². The van der Waals surface area contributed by atoms with Crippen molar-refractivity contribution in [1.29, 1.82) is 0 Å². The first-order valence-electron chi connectivity index (χ1n) is 8.66. The second-order valence-electron chi connectivity index (χ2n) is 6.31. The Kier molecular flexibility index (Phi) is 4.25. The van der Waals surface area contributed by atoms with E-state index in [1.807, 2.05) is 0 Å². The van der Waals surface area contributed by atoms with Crippen LogP contribution in [0.2, 0.25) is 0 Å². The lowest BCUT2D eigenvalue weighted by Gasteiger charge is -2.11. The summed E-state index contributed by atoms with van der Waals surface area (Å²) in [4.78, 5) is 3.80. The normalized spacial score (nSPS) is 14.5. The molecule has 0 fully saturated rings. The molecule has 0 saturated carbocycles. The fourth-order valence-electron chi connectivity index (χ4n) is 2.95. The number of halogens is 5. The highest BCUT2D eigenvalue weighted by Gasteiger charge is 2.43. The van der Waals surface area contributed by atoms with Crippen LogP contribution in [-0.4, -0.2) is 37.6 Å². The Balaban J connectivity index is 1.54. The van der Waals surface area contributed by atoms with Crippen molar-refractivity contribution < 1.29 is 40.6 Å². The molecular weight excluding hydrogens is 445 g/mol. The zero-order valence-corrected chi connectivity index (χ0v) is 15.4. The van der Waals surface area contributed by atoms with Gasteiger partial charge >= 0.3 is 12.7 Å². The molecule has 2 aromatic heterocycles. The summed E-state index contributed by atoms with van der Waals surface area (Å²) in [6.07, 6.45) is -6.17. The van der Waals surface area contributed by atoms with Gasteiger partial charge in [0.2, 0.25) is 11.8 Å². The van der Waals surface area contributed by atoms with Gasteiger partial charge in [-0.2, -0.15) is 5.10 Å². The lowest BCUT2D eigenvalue weighted by Crippen LogP contribution is -2.25.